The zero-order chi connectivity index (χ0) is 16.8. The van der Waals surface area contributed by atoms with Crippen LogP contribution in [0.25, 0.3) is 0 Å². The summed E-state index contributed by atoms with van der Waals surface area (Å²) in [5, 5.41) is 9.58. The van der Waals surface area contributed by atoms with Crippen molar-refractivity contribution < 1.29 is 9.53 Å². The molecule has 1 saturated heterocycles. The molecule has 1 fully saturated rings. The number of hydrogen-bond acceptors (Lipinski definition) is 4. The normalized spacial score (nSPS) is 19.8. The maximum Gasteiger partial charge on any atom is 0.269 e. The molecule has 1 aliphatic heterocycles. The first-order valence-electron chi connectivity index (χ1n) is 8.44. The molecule has 3 rings (SSSR count). The summed E-state index contributed by atoms with van der Waals surface area (Å²) in [7, 11) is 0. The highest BCUT2D eigenvalue weighted by molar-refractivity contribution is 5.92. The Labute approximate surface area is 142 Å². The molecule has 1 aromatic heterocycles. The number of nitrogens with zero attached hydrogens (tertiary/aromatic N) is 2. The van der Waals surface area contributed by atoms with Crippen molar-refractivity contribution in [3.63, 3.8) is 0 Å². The fourth-order valence-corrected chi connectivity index (χ4v) is 3.05. The highest BCUT2D eigenvalue weighted by Crippen LogP contribution is 2.15. The van der Waals surface area contributed by atoms with Gasteiger partial charge in [0.25, 0.3) is 5.91 Å². The van der Waals surface area contributed by atoms with Crippen LogP contribution in [0.3, 0.4) is 0 Å². The van der Waals surface area contributed by atoms with E-state index in [4.69, 9.17) is 4.74 Å². The number of aromatic nitrogens is 2. The van der Waals surface area contributed by atoms with E-state index in [2.05, 4.69) is 51.6 Å². The Morgan fingerprint density at radius 2 is 2.25 bits per heavy atom. The maximum atomic E-state index is 12.2. The highest BCUT2D eigenvalue weighted by atomic mass is 16.5. The van der Waals surface area contributed by atoms with Gasteiger partial charge in [0, 0.05) is 25.8 Å². The van der Waals surface area contributed by atoms with Gasteiger partial charge in [-0.25, -0.2) is 0 Å². The van der Waals surface area contributed by atoms with Gasteiger partial charge in [-0.3, -0.25) is 14.8 Å². The molecule has 2 heterocycles. The number of carbonyl (C=O) groups excluding carboxylic acids is 1. The van der Waals surface area contributed by atoms with Crippen LogP contribution in [0.15, 0.2) is 42.6 Å². The van der Waals surface area contributed by atoms with Crippen molar-refractivity contribution in [2.45, 2.75) is 32.0 Å². The Kier molecular flexibility index (Phi) is 5.61. The van der Waals surface area contributed by atoms with Gasteiger partial charge in [0.15, 0.2) is 0 Å². The molecule has 0 saturated carbocycles. The van der Waals surface area contributed by atoms with Gasteiger partial charge in [0.2, 0.25) is 0 Å². The predicted molar refractivity (Wildman–Crippen MR) is 91.6 cm³/mol. The molecule has 2 N–H and O–H groups in total. The lowest BCUT2D eigenvalue weighted by Crippen LogP contribution is -2.53. The van der Waals surface area contributed by atoms with E-state index >= 15 is 0 Å². The molecule has 6 nitrogen and oxygen atoms in total. The number of morpholine rings is 1. The molecular formula is C18H24N4O2. The molecule has 128 valence electrons. The zero-order valence-corrected chi connectivity index (χ0v) is 13.9. The number of hydrogen-bond donors (Lipinski definition) is 2. The number of ether oxygens (including phenoxy) is 1. The number of carbonyl (C=O) groups is 1. The standard InChI is InChI=1S/C18H24N4O2/c1-2-15(20-18(23)16-8-9-19-21-16)17-13-22(10-11-24-17)12-14-6-4-3-5-7-14/h3-9,15,17H,2,10-13H2,1H3,(H,19,21)(H,20,23)/t15-,17+/m0/s1. The van der Waals surface area contributed by atoms with Crippen LogP contribution in [0.1, 0.15) is 29.4 Å². The summed E-state index contributed by atoms with van der Waals surface area (Å²) in [5.74, 6) is -0.136. The van der Waals surface area contributed by atoms with Gasteiger partial charge in [-0.15, -0.1) is 0 Å². The quantitative estimate of drug-likeness (QED) is 0.848. The van der Waals surface area contributed by atoms with E-state index < -0.39 is 0 Å². The van der Waals surface area contributed by atoms with Gasteiger partial charge in [-0.05, 0) is 18.1 Å². The van der Waals surface area contributed by atoms with Crippen LogP contribution in [-0.4, -0.2) is 52.8 Å². The van der Waals surface area contributed by atoms with E-state index in [1.807, 2.05) is 6.07 Å². The summed E-state index contributed by atoms with van der Waals surface area (Å²) in [6.07, 6.45) is 2.40. The average Bonchev–Trinajstić information content (AvgIpc) is 3.15. The third kappa shape index (κ3) is 4.21. The van der Waals surface area contributed by atoms with Crippen LogP contribution in [-0.2, 0) is 11.3 Å². The lowest BCUT2D eigenvalue weighted by molar-refractivity contribution is -0.0483. The fraction of sp³-hybridized carbons (Fsp3) is 0.444. The molecule has 1 amide bonds. The van der Waals surface area contributed by atoms with Crippen molar-refractivity contribution in [3.8, 4) is 0 Å². The van der Waals surface area contributed by atoms with Crippen LogP contribution < -0.4 is 5.32 Å². The minimum atomic E-state index is -0.136. The molecule has 24 heavy (non-hydrogen) atoms. The smallest absolute Gasteiger partial charge is 0.269 e. The van der Waals surface area contributed by atoms with Crippen LogP contribution in [0.5, 0.6) is 0 Å². The van der Waals surface area contributed by atoms with Gasteiger partial charge in [0.05, 0.1) is 18.8 Å². The highest BCUT2D eigenvalue weighted by Gasteiger charge is 2.28. The number of nitrogens with one attached hydrogen (secondary N) is 2. The van der Waals surface area contributed by atoms with Gasteiger partial charge < -0.3 is 10.1 Å². The van der Waals surface area contributed by atoms with Crippen LogP contribution >= 0.6 is 0 Å². The van der Waals surface area contributed by atoms with Gasteiger partial charge in [-0.2, -0.15) is 5.10 Å². The van der Waals surface area contributed by atoms with Crippen molar-refractivity contribution in [2.24, 2.45) is 0 Å². The van der Waals surface area contributed by atoms with E-state index in [0.717, 1.165) is 26.1 Å². The maximum absolute atomic E-state index is 12.2. The Balaban J connectivity index is 1.58. The first kappa shape index (κ1) is 16.7. The Hall–Kier alpha value is -2.18. The second kappa shape index (κ2) is 8.08. The molecule has 6 heteroatoms. The van der Waals surface area contributed by atoms with Gasteiger partial charge in [0.1, 0.15) is 5.69 Å². The molecule has 0 spiro atoms. The van der Waals surface area contributed by atoms with Crippen LogP contribution in [0, 0.1) is 0 Å². The molecule has 0 unspecified atom stereocenters. The number of H-pyrrole nitrogens is 1. The Bertz CT molecular complexity index is 630. The Morgan fingerprint density at radius 3 is 2.96 bits per heavy atom. The first-order valence-corrected chi connectivity index (χ1v) is 8.44. The molecule has 0 bridgehead atoms. The summed E-state index contributed by atoms with van der Waals surface area (Å²) < 4.78 is 5.93. The van der Waals surface area contributed by atoms with E-state index in [0.29, 0.717) is 12.3 Å². The van der Waals surface area contributed by atoms with E-state index in [-0.39, 0.29) is 18.1 Å². The number of rotatable bonds is 6. The van der Waals surface area contributed by atoms with Crippen LogP contribution in [0.4, 0.5) is 0 Å². The van der Waals surface area contributed by atoms with Crippen molar-refractivity contribution >= 4 is 5.91 Å². The zero-order valence-electron chi connectivity index (χ0n) is 13.9. The SMILES string of the molecule is CC[C@H](NC(=O)c1ccn[nH]1)[C@H]1CN(Cc2ccccc2)CCO1. The van der Waals surface area contributed by atoms with Crippen molar-refractivity contribution in [3.05, 3.63) is 53.9 Å². The fourth-order valence-electron chi connectivity index (χ4n) is 3.05. The number of benzene rings is 1. The van der Waals surface area contributed by atoms with Crippen molar-refractivity contribution in [1.29, 1.82) is 0 Å². The lowest BCUT2D eigenvalue weighted by Gasteiger charge is -2.37. The molecule has 2 aromatic rings. The van der Waals surface area contributed by atoms with Crippen LogP contribution in [0.2, 0.25) is 0 Å². The van der Waals surface area contributed by atoms with Gasteiger partial charge in [-0.1, -0.05) is 37.3 Å². The average molecular weight is 328 g/mol. The monoisotopic (exact) mass is 328 g/mol. The number of amides is 1. The van der Waals surface area contributed by atoms with E-state index in [9.17, 15) is 4.79 Å². The largest absolute Gasteiger partial charge is 0.373 e. The molecule has 1 aliphatic rings. The molecule has 0 aliphatic carbocycles. The van der Waals surface area contributed by atoms with E-state index in [1.165, 1.54) is 5.56 Å². The molecule has 2 atom stereocenters. The van der Waals surface area contributed by atoms with Gasteiger partial charge >= 0.3 is 0 Å². The minimum Gasteiger partial charge on any atom is -0.373 e. The summed E-state index contributed by atoms with van der Waals surface area (Å²) in [4.78, 5) is 14.6. The lowest BCUT2D eigenvalue weighted by atomic mass is 10.1. The second-order valence-corrected chi connectivity index (χ2v) is 6.09. The topological polar surface area (TPSA) is 70.2 Å². The third-order valence-electron chi connectivity index (χ3n) is 4.38. The first-order chi connectivity index (χ1) is 11.8. The summed E-state index contributed by atoms with van der Waals surface area (Å²) in [6.45, 7) is 5.39. The third-order valence-corrected chi connectivity index (χ3v) is 4.38. The van der Waals surface area contributed by atoms with Crippen molar-refractivity contribution in [2.75, 3.05) is 19.7 Å². The second-order valence-electron chi connectivity index (χ2n) is 6.09. The Morgan fingerprint density at radius 1 is 1.42 bits per heavy atom. The summed E-state index contributed by atoms with van der Waals surface area (Å²) >= 11 is 0. The summed E-state index contributed by atoms with van der Waals surface area (Å²) in [5.41, 5.74) is 1.78. The molecule has 1 aromatic carbocycles. The predicted octanol–water partition coefficient (Wildman–Crippen LogP) is 1.82. The summed E-state index contributed by atoms with van der Waals surface area (Å²) in [6, 6.07) is 12.1. The van der Waals surface area contributed by atoms with Crippen molar-refractivity contribution in [1.82, 2.24) is 20.4 Å². The number of aromatic amines is 1. The van der Waals surface area contributed by atoms with E-state index in [1.54, 1.807) is 12.3 Å². The molecular weight excluding hydrogens is 304 g/mol. The molecule has 0 radical (unpaired) electrons. The minimum absolute atomic E-state index is 0.000617.